The van der Waals surface area contributed by atoms with Crippen LogP contribution in [0.5, 0.6) is 0 Å². The first-order valence-electron chi connectivity index (χ1n) is 12.3. The van der Waals surface area contributed by atoms with Crippen LogP contribution in [0.3, 0.4) is 0 Å². The Bertz CT molecular complexity index is 1530. The number of halogens is 3. The molecular weight excluding hydrogens is 544 g/mol. The molecule has 1 aromatic heterocycles. The Labute approximate surface area is 234 Å². The number of aliphatic carboxylic acids is 1. The zero-order chi connectivity index (χ0) is 27.7. The largest absolute Gasteiger partial charge is 0.481 e. The number of aliphatic hydroxyl groups is 1. The van der Waals surface area contributed by atoms with Crippen molar-refractivity contribution in [3.63, 3.8) is 0 Å². The molecule has 200 valence electrons. The van der Waals surface area contributed by atoms with Crippen LogP contribution in [0.15, 0.2) is 72.8 Å². The molecule has 39 heavy (non-hydrogen) atoms. The highest BCUT2D eigenvalue weighted by atomic mass is 35.5. The molecule has 0 atom stereocenters. The number of amides is 1. The van der Waals surface area contributed by atoms with Crippen molar-refractivity contribution in [2.24, 2.45) is 0 Å². The highest BCUT2D eigenvalue weighted by Crippen LogP contribution is 2.36. The SMILES string of the molecule is O=C(O)Cc1c(C(=O)N2CCC(O)(c3ccc(F)cc3)CC2)nn(-c2ccccc2Cl)c1-c1ccc(Cl)cc1. The molecule has 1 aliphatic rings. The van der Waals surface area contributed by atoms with Crippen molar-refractivity contribution in [1.29, 1.82) is 0 Å². The highest BCUT2D eigenvalue weighted by Gasteiger charge is 2.37. The summed E-state index contributed by atoms with van der Waals surface area (Å²) in [5.74, 6) is -1.97. The van der Waals surface area contributed by atoms with Crippen LogP contribution in [0.2, 0.25) is 10.0 Å². The predicted molar refractivity (Wildman–Crippen MR) is 146 cm³/mol. The van der Waals surface area contributed by atoms with E-state index < -0.39 is 29.7 Å². The minimum atomic E-state index is -1.21. The second-order valence-corrected chi connectivity index (χ2v) is 10.3. The number of carboxylic acids is 1. The summed E-state index contributed by atoms with van der Waals surface area (Å²) in [6, 6.07) is 19.4. The van der Waals surface area contributed by atoms with E-state index in [1.165, 1.54) is 16.8 Å². The van der Waals surface area contributed by atoms with Gasteiger partial charge in [-0.15, -0.1) is 0 Å². The van der Waals surface area contributed by atoms with Crippen LogP contribution in [-0.2, 0) is 16.8 Å². The van der Waals surface area contributed by atoms with Gasteiger partial charge in [0.1, 0.15) is 5.82 Å². The molecule has 3 aromatic carbocycles. The minimum Gasteiger partial charge on any atom is -0.481 e. The zero-order valence-corrected chi connectivity index (χ0v) is 22.2. The summed E-state index contributed by atoms with van der Waals surface area (Å²) in [4.78, 5) is 27.4. The molecule has 0 spiro atoms. The molecule has 0 radical (unpaired) electrons. The Morgan fingerprint density at radius 3 is 2.21 bits per heavy atom. The summed E-state index contributed by atoms with van der Waals surface area (Å²) in [7, 11) is 0. The zero-order valence-electron chi connectivity index (χ0n) is 20.7. The van der Waals surface area contributed by atoms with Gasteiger partial charge < -0.3 is 15.1 Å². The van der Waals surface area contributed by atoms with Gasteiger partial charge in [0.15, 0.2) is 5.69 Å². The summed E-state index contributed by atoms with van der Waals surface area (Å²) in [6.45, 7) is 0.406. The molecule has 1 fully saturated rings. The molecule has 10 heteroatoms. The number of rotatable bonds is 6. The van der Waals surface area contributed by atoms with E-state index in [9.17, 15) is 24.2 Å². The maximum atomic E-state index is 13.8. The highest BCUT2D eigenvalue weighted by molar-refractivity contribution is 6.32. The summed E-state index contributed by atoms with van der Waals surface area (Å²) in [5.41, 5.74) is 1.13. The number of benzene rings is 3. The summed E-state index contributed by atoms with van der Waals surface area (Å²) < 4.78 is 14.9. The van der Waals surface area contributed by atoms with E-state index in [0.717, 1.165) is 0 Å². The molecule has 2 N–H and O–H groups in total. The Morgan fingerprint density at radius 2 is 1.59 bits per heavy atom. The number of carbonyl (C=O) groups excluding carboxylic acids is 1. The first-order valence-corrected chi connectivity index (χ1v) is 13.0. The lowest BCUT2D eigenvalue weighted by Gasteiger charge is -2.38. The van der Waals surface area contributed by atoms with Crippen molar-refractivity contribution >= 4 is 35.1 Å². The second kappa shape index (κ2) is 10.8. The second-order valence-electron chi connectivity index (χ2n) is 9.45. The lowest BCUT2D eigenvalue weighted by atomic mass is 9.84. The molecule has 0 bridgehead atoms. The first kappa shape index (κ1) is 26.9. The van der Waals surface area contributed by atoms with Gasteiger partial charge in [0.25, 0.3) is 5.91 Å². The van der Waals surface area contributed by atoms with Gasteiger partial charge in [0.05, 0.1) is 28.4 Å². The van der Waals surface area contributed by atoms with Gasteiger partial charge in [-0.05, 0) is 54.8 Å². The van der Waals surface area contributed by atoms with Gasteiger partial charge in [-0.2, -0.15) is 5.10 Å². The Balaban J connectivity index is 1.55. The van der Waals surface area contributed by atoms with Gasteiger partial charge in [-0.3, -0.25) is 9.59 Å². The number of hydrogen-bond acceptors (Lipinski definition) is 4. The molecule has 1 aliphatic heterocycles. The van der Waals surface area contributed by atoms with E-state index in [4.69, 9.17) is 23.2 Å². The van der Waals surface area contributed by atoms with Crippen LogP contribution in [0.1, 0.15) is 34.5 Å². The smallest absolute Gasteiger partial charge is 0.307 e. The Morgan fingerprint density at radius 1 is 0.949 bits per heavy atom. The normalized spacial score (nSPS) is 14.8. The summed E-state index contributed by atoms with van der Waals surface area (Å²) in [5, 5.41) is 26.5. The first-order chi connectivity index (χ1) is 18.7. The number of aromatic nitrogens is 2. The fourth-order valence-corrected chi connectivity index (χ4v) is 5.26. The molecule has 5 rings (SSSR count). The molecule has 0 saturated carbocycles. The number of likely N-dealkylation sites (tertiary alicyclic amines) is 1. The maximum absolute atomic E-state index is 13.8. The van der Waals surface area contributed by atoms with E-state index in [1.54, 1.807) is 65.6 Å². The van der Waals surface area contributed by atoms with E-state index >= 15 is 0 Å². The van der Waals surface area contributed by atoms with Crippen LogP contribution < -0.4 is 0 Å². The van der Waals surface area contributed by atoms with E-state index in [2.05, 4.69) is 5.10 Å². The van der Waals surface area contributed by atoms with E-state index in [1.807, 2.05) is 0 Å². The molecule has 7 nitrogen and oxygen atoms in total. The third-order valence-electron chi connectivity index (χ3n) is 6.97. The number of para-hydroxylation sites is 1. The molecule has 4 aromatic rings. The van der Waals surface area contributed by atoms with Crippen molar-refractivity contribution in [3.8, 4) is 16.9 Å². The van der Waals surface area contributed by atoms with Crippen molar-refractivity contribution in [3.05, 3.63) is 105 Å². The standard InChI is InChI=1S/C29H24Cl2FN3O4/c30-20-9-5-18(6-10-20)27-22(17-25(36)37)26(33-35(27)24-4-2-1-3-23(24)31)28(38)34-15-13-29(39,14-16-34)19-7-11-21(32)12-8-19/h1-12,39H,13-17H2,(H,36,37). The maximum Gasteiger partial charge on any atom is 0.307 e. The topological polar surface area (TPSA) is 95.7 Å². The van der Waals surface area contributed by atoms with Gasteiger partial charge >= 0.3 is 5.97 Å². The number of carbonyl (C=O) groups is 2. The average molecular weight is 568 g/mol. The number of carboxylic acid groups (broad SMARTS) is 1. The fourth-order valence-electron chi connectivity index (χ4n) is 4.92. The van der Waals surface area contributed by atoms with Crippen LogP contribution in [0, 0.1) is 5.82 Å². The lowest BCUT2D eigenvalue weighted by Crippen LogP contribution is -2.45. The quantitative estimate of drug-likeness (QED) is 0.310. The monoisotopic (exact) mass is 567 g/mol. The molecule has 1 saturated heterocycles. The fraction of sp³-hybridized carbons (Fsp3) is 0.207. The van der Waals surface area contributed by atoms with Crippen molar-refractivity contribution < 1.29 is 24.2 Å². The van der Waals surface area contributed by atoms with Crippen molar-refractivity contribution in [1.82, 2.24) is 14.7 Å². The van der Waals surface area contributed by atoms with Crippen LogP contribution in [-0.4, -0.2) is 49.9 Å². The Kier molecular flexibility index (Phi) is 7.44. The summed E-state index contributed by atoms with van der Waals surface area (Å²) in [6.07, 6.45) is 0.0125. The number of nitrogens with zero attached hydrogens (tertiary/aromatic N) is 3. The molecule has 0 aliphatic carbocycles. The Hall–Kier alpha value is -3.72. The summed E-state index contributed by atoms with van der Waals surface area (Å²) >= 11 is 12.6. The van der Waals surface area contributed by atoms with Gasteiger partial charge in [0.2, 0.25) is 0 Å². The van der Waals surface area contributed by atoms with Crippen LogP contribution in [0.25, 0.3) is 16.9 Å². The van der Waals surface area contributed by atoms with Crippen molar-refractivity contribution in [2.75, 3.05) is 13.1 Å². The number of piperidine rings is 1. The molecular formula is C29H24Cl2FN3O4. The number of hydrogen-bond donors (Lipinski definition) is 2. The van der Waals surface area contributed by atoms with E-state index in [-0.39, 0.29) is 37.2 Å². The molecule has 0 unspecified atom stereocenters. The third-order valence-corrected chi connectivity index (χ3v) is 7.54. The van der Waals surface area contributed by atoms with Crippen LogP contribution in [0.4, 0.5) is 4.39 Å². The molecule has 1 amide bonds. The van der Waals surface area contributed by atoms with Gasteiger partial charge in [-0.1, -0.05) is 59.6 Å². The van der Waals surface area contributed by atoms with Gasteiger partial charge in [0, 0.05) is 29.2 Å². The van der Waals surface area contributed by atoms with Crippen LogP contribution >= 0.6 is 23.2 Å². The predicted octanol–water partition coefficient (Wildman–Crippen LogP) is 5.74. The minimum absolute atomic E-state index is 0.00510. The molecule has 2 heterocycles. The average Bonchev–Trinajstić information content (AvgIpc) is 3.28. The third kappa shape index (κ3) is 5.41. The lowest BCUT2D eigenvalue weighted by molar-refractivity contribution is -0.136. The van der Waals surface area contributed by atoms with Crippen molar-refractivity contribution in [2.45, 2.75) is 24.9 Å². The van der Waals surface area contributed by atoms with E-state index in [0.29, 0.717) is 32.6 Å². The van der Waals surface area contributed by atoms with Gasteiger partial charge in [-0.25, -0.2) is 9.07 Å².